The van der Waals surface area contributed by atoms with E-state index in [0.29, 0.717) is 28.9 Å². The number of ether oxygens (including phenoxy) is 1. The van der Waals surface area contributed by atoms with Gasteiger partial charge in [-0.15, -0.1) is 10.2 Å². The fraction of sp³-hybridized carbons (Fsp3) is 0.444. The molecule has 0 radical (unpaired) electrons. The molecule has 0 bridgehead atoms. The van der Waals surface area contributed by atoms with Crippen LogP contribution in [0.4, 0.5) is 5.13 Å². The van der Waals surface area contributed by atoms with Crippen molar-refractivity contribution in [3.63, 3.8) is 0 Å². The molecule has 2 heterocycles. The fourth-order valence-corrected chi connectivity index (χ4v) is 4.21. The zero-order chi connectivity index (χ0) is 18.9. The van der Waals surface area contributed by atoms with E-state index in [9.17, 15) is 9.59 Å². The van der Waals surface area contributed by atoms with E-state index in [1.165, 1.54) is 23.1 Å². The highest BCUT2D eigenvalue weighted by Gasteiger charge is 2.16. The quantitative estimate of drug-likeness (QED) is 0.491. The average Bonchev–Trinajstić information content (AvgIpc) is 3.36. The van der Waals surface area contributed by atoms with Crippen LogP contribution in [-0.2, 0) is 20.7 Å². The van der Waals surface area contributed by atoms with E-state index in [-0.39, 0.29) is 23.7 Å². The molecule has 1 aliphatic rings. The molecule has 1 aromatic carbocycles. The van der Waals surface area contributed by atoms with E-state index < -0.39 is 0 Å². The molecule has 7 nitrogen and oxygen atoms in total. The van der Waals surface area contributed by atoms with Crippen molar-refractivity contribution in [1.82, 2.24) is 15.5 Å². The van der Waals surface area contributed by atoms with Crippen molar-refractivity contribution < 1.29 is 14.3 Å². The van der Waals surface area contributed by atoms with Gasteiger partial charge in [-0.3, -0.25) is 9.59 Å². The van der Waals surface area contributed by atoms with Crippen LogP contribution in [0.1, 0.15) is 24.8 Å². The molecular formula is C18H22N4O3S2. The summed E-state index contributed by atoms with van der Waals surface area (Å²) in [6.45, 7) is 1.33. The molecule has 1 saturated heterocycles. The molecule has 2 aromatic rings. The molecule has 0 saturated carbocycles. The smallest absolute Gasteiger partial charge is 0.230 e. The number of nitrogens with zero attached hydrogens (tertiary/aromatic N) is 2. The molecule has 3 rings (SSSR count). The first-order chi connectivity index (χ1) is 13.2. The third-order valence-electron chi connectivity index (χ3n) is 4.01. The summed E-state index contributed by atoms with van der Waals surface area (Å²) in [4.78, 5) is 23.9. The predicted molar refractivity (Wildman–Crippen MR) is 106 cm³/mol. The highest BCUT2D eigenvalue weighted by Crippen LogP contribution is 2.25. The van der Waals surface area contributed by atoms with Crippen molar-refractivity contribution in [3.05, 3.63) is 35.9 Å². The Bertz CT molecular complexity index is 748. The number of nitrogens with one attached hydrogen (secondary N) is 2. The standard InChI is InChI=1S/C18H22N4O3S2/c23-15(9-8-13-5-2-1-3-6-13)20-17-21-22-18(27-17)26-12-16(24)19-11-14-7-4-10-25-14/h1-3,5-6,14H,4,7-12H2,(H,19,24)(H,20,21,23). The Labute approximate surface area is 166 Å². The van der Waals surface area contributed by atoms with Crippen molar-refractivity contribution in [3.8, 4) is 0 Å². The topological polar surface area (TPSA) is 93.2 Å². The zero-order valence-corrected chi connectivity index (χ0v) is 16.5. The molecule has 1 unspecified atom stereocenters. The number of thioether (sulfide) groups is 1. The number of anilines is 1. The van der Waals surface area contributed by atoms with Gasteiger partial charge in [0.05, 0.1) is 11.9 Å². The van der Waals surface area contributed by atoms with Gasteiger partial charge in [-0.2, -0.15) is 0 Å². The van der Waals surface area contributed by atoms with Crippen molar-refractivity contribution >= 4 is 40.0 Å². The third kappa shape index (κ3) is 6.93. The lowest BCUT2D eigenvalue weighted by atomic mass is 10.1. The summed E-state index contributed by atoms with van der Waals surface area (Å²) in [6, 6.07) is 9.86. The Morgan fingerprint density at radius 2 is 2.07 bits per heavy atom. The van der Waals surface area contributed by atoms with Crippen LogP contribution < -0.4 is 10.6 Å². The van der Waals surface area contributed by atoms with E-state index >= 15 is 0 Å². The van der Waals surface area contributed by atoms with Crippen LogP contribution in [0.15, 0.2) is 34.7 Å². The lowest BCUT2D eigenvalue weighted by Crippen LogP contribution is -2.32. The fourth-order valence-electron chi connectivity index (χ4n) is 2.61. The maximum absolute atomic E-state index is 12.0. The van der Waals surface area contributed by atoms with Crippen molar-refractivity contribution in [2.45, 2.75) is 36.1 Å². The van der Waals surface area contributed by atoms with E-state index in [4.69, 9.17) is 4.74 Å². The van der Waals surface area contributed by atoms with Gasteiger partial charge in [-0.05, 0) is 24.8 Å². The van der Waals surface area contributed by atoms with Crippen LogP contribution in [0.25, 0.3) is 0 Å². The van der Waals surface area contributed by atoms with Crippen LogP contribution >= 0.6 is 23.1 Å². The number of benzene rings is 1. The van der Waals surface area contributed by atoms with Gasteiger partial charge in [0.25, 0.3) is 0 Å². The SMILES string of the molecule is O=C(CSc1nnc(NC(=O)CCc2ccccc2)s1)NCC1CCCO1. The van der Waals surface area contributed by atoms with Crippen LogP contribution in [0, 0.1) is 0 Å². The van der Waals surface area contributed by atoms with Gasteiger partial charge in [0.15, 0.2) is 4.34 Å². The first kappa shape index (κ1) is 19.8. The number of rotatable bonds is 9. The Hall–Kier alpha value is -1.97. The summed E-state index contributed by atoms with van der Waals surface area (Å²) in [5.41, 5.74) is 1.12. The third-order valence-corrected chi connectivity index (χ3v) is 5.99. The molecule has 0 spiro atoms. The molecular weight excluding hydrogens is 384 g/mol. The van der Waals surface area contributed by atoms with Crippen molar-refractivity contribution in [1.29, 1.82) is 0 Å². The van der Waals surface area contributed by atoms with Crippen LogP contribution in [-0.4, -0.2) is 47.0 Å². The highest BCUT2D eigenvalue weighted by molar-refractivity contribution is 8.01. The van der Waals surface area contributed by atoms with E-state index in [0.717, 1.165) is 25.0 Å². The second-order valence-corrected chi connectivity index (χ2v) is 8.33. The predicted octanol–water partition coefficient (Wildman–Crippen LogP) is 2.50. The van der Waals surface area contributed by atoms with Crippen molar-refractivity contribution in [2.24, 2.45) is 0 Å². The monoisotopic (exact) mass is 406 g/mol. The minimum absolute atomic E-state index is 0.0563. The maximum Gasteiger partial charge on any atom is 0.230 e. The summed E-state index contributed by atoms with van der Waals surface area (Å²) in [6.07, 6.45) is 3.26. The Morgan fingerprint density at radius 1 is 1.22 bits per heavy atom. The average molecular weight is 407 g/mol. The molecule has 1 aromatic heterocycles. The van der Waals surface area contributed by atoms with E-state index in [1.807, 2.05) is 30.3 Å². The molecule has 27 heavy (non-hydrogen) atoms. The first-order valence-electron chi connectivity index (χ1n) is 8.87. The van der Waals surface area contributed by atoms with Crippen LogP contribution in [0.5, 0.6) is 0 Å². The van der Waals surface area contributed by atoms with Crippen LogP contribution in [0.2, 0.25) is 0 Å². The van der Waals surface area contributed by atoms with E-state index in [2.05, 4.69) is 20.8 Å². The number of carbonyl (C=O) groups is 2. The summed E-state index contributed by atoms with van der Waals surface area (Å²) in [5.74, 6) is 0.114. The van der Waals surface area contributed by atoms with Gasteiger partial charge in [0, 0.05) is 19.6 Å². The first-order valence-corrected chi connectivity index (χ1v) is 10.7. The molecule has 1 aliphatic heterocycles. The molecule has 1 fully saturated rings. The molecule has 144 valence electrons. The molecule has 9 heteroatoms. The largest absolute Gasteiger partial charge is 0.376 e. The minimum atomic E-state index is -0.0964. The summed E-state index contributed by atoms with van der Waals surface area (Å²) in [5, 5.41) is 14.1. The van der Waals surface area contributed by atoms with Crippen molar-refractivity contribution in [2.75, 3.05) is 24.2 Å². The normalized spacial score (nSPS) is 16.2. The summed E-state index contributed by atoms with van der Waals surface area (Å²) >= 11 is 2.58. The number of hydrogen-bond acceptors (Lipinski definition) is 7. The van der Waals surface area contributed by atoms with Gasteiger partial charge < -0.3 is 15.4 Å². The lowest BCUT2D eigenvalue weighted by Gasteiger charge is -2.09. The number of carbonyl (C=O) groups excluding carboxylic acids is 2. The number of aryl methyl sites for hydroxylation is 1. The van der Waals surface area contributed by atoms with Gasteiger partial charge in [-0.1, -0.05) is 53.4 Å². The Morgan fingerprint density at radius 3 is 2.85 bits per heavy atom. The van der Waals surface area contributed by atoms with Gasteiger partial charge in [-0.25, -0.2) is 0 Å². The highest BCUT2D eigenvalue weighted by atomic mass is 32.2. The van der Waals surface area contributed by atoms with Crippen LogP contribution in [0.3, 0.4) is 0 Å². The summed E-state index contributed by atoms with van der Waals surface area (Å²) < 4.78 is 6.13. The molecule has 1 atom stereocenters. The second kappa shape index (κ2) is 10.4. The Balaban J connectivity index is 1.35. The number of hydrogen-bond donors (Lipinski definition) is 2. The lowest BCUT2D eigenvalue weighted by molar-refractivity contribution is -0.119. The van der Waals surface area contributed by atoms with Gasteiger partial charge >= 0.3 is 0 Å². The molecule has 0 aliphatic carbocycles. The number of amides is 2. The molecule has 2 N–H and O–H groups in total. The Kier molecular flexibility index (Phi) is 7.61. The zero-order valence-electron chi connectivity index (χ0n) is 14.8. The van der Waals surface area contributed by atoms with Gasteiger partial charge in [0.1, 0.15) is 0 Å². The maximum atomic E-state index is 12.0. The second-order valence-electron chi connectivity index (χ2n) is 6.13. The summed E-state index contributed by atoms with van der Waals surface area (Å²) in [7, 11) is 0. The minimum Gasteiger partial charge on any atom is -0.376 e. The van der Waals surface area contributed by atoms with Gasteiger partial charge in [0.2, 0.25) is 16.9 Å². The molecule has 2 amide bonds. The van der Waals surface area contributed by atoms with E-state index in [1.54, 1.807) is 0 Å². The number of aromatic nitrogens is 2.